The van der Waals surface area contributed by atoms with E-state index >= 15 is 0 Å². The minimum atomic E-state index is -0.296. The molecule has 0 radical (unpaired) electrons. The van der Waals surface area contributed by atoms with E-state index in [-0.39, 0.29) is 37.5 Å². The fourth-order valence-electron chi connectivity index (χ4n) is 2.16. The summed E-state index contributed by atoms with van der Waals surface area (Å²) in [4.78, 5) is 39.3. The van der Waals surface area contributed by atoms with Crippen LogP contribution in [0.25, 0.3) is 0 Å². The summed E-state index contributed by atoms with van der Waals surface area (Å²) in [6.45, 7) is 3.49. The van der Waals surface area contributed by atoms with Gasteiger partial charge in [-0.3, -0.25) is 14.5 Å². The van der Waals surface area contributed by atoms with Crippen LogP contribution in [0.15, 0.2) is 0 Å². The third-order valence-corrected chi connectivity index (χ3v) is 3.32. The molecule has 1 fully saturated rings. The van der Waals surface area contributed by atoms with E-state index in [0.717, 1.165) is 0 Å². The van der Waals surface area contributed by atoms with Gasteiger partial charge in [0.2, 0.25) is 11.8 Å². The average molecular weight is 285 g/mol. The smallest absolute Gasteiger partial charge is 0.326 e. The summed E-state index contributed by atoms with van der Waals surface area (Å²) in [5, 5.41) is 8.77. The highest BCUT2D eigenvalue weighted by Gasteiger charge is 2.32. The largest absolute Gasteiger partial charge is 0.396 e. The molecule has 7 nitrogen and oxygen atoms in total. The molecule has 20 heavy (non-hydrogen) atoms. The maximum absolute atomic E-state index is 11.9. The number of imide groups is 1. The second kappa shape index (κ2) is 7.84. The average Bonchev–Trinajstić information content (AvgIpc) is 2.66. The molecule has 4 amide bonds. The van der Waals surface area contributed by atoms with Crippen molar-refractivity contribution >= 4 is 17.8 Å². The van der Waals surface area contributed by atoms with Crippen molar-refractivity contribution in [2.75, 3.05) is 39.8 Å². The van der Waals surface area contributed by atoms with Crippen LogP contribution in [0.2, 0.25) is 0 Å². The third kappa shape index (κ3) is 4.19. The predicted octanol–water partition coefficient (Wildman–Crippen LogP) is -0.108. The van der Waals surface area contributed by atoms with Crippen LogP contribution < -0.4 is 0 Å². The first-order valence-electron chi connectivity index (χ1n) is 6.95. The first kappa shape index (κ1) is 16.4. The SMILES string of the molecule is CCN(CCCO)C(=O)CCCN1C(=O)CN(C)C1=O. The molecule has 1 saturated heterocycles. The molecule has 0 saturated carbocycles. The first-order chi connectivity index (χ1) is 9.51. The number of aliphatic hydroxyl groups excluding tert-OH is 1. The van der Waals surface area contributed by atoms with Gasteiger partial charge >= 0.3 is 6.03 Å². The van der Waals surface area contributed by atoms with Gasteiger partial charge in [0.15, 0.2) is 0 Å². The second-order valence-electron chi connectivity index (χ2n) is 4.84. The molecule has 0 aromatic rings. The van der Waals surface area contributed by atoms with Gasteiger partial charge in [0.1, 0.15) is 6.54 Å². The normalized spacial score (nSPS) is 15.2. The molecule has 1 aliphatic rings. The molecule has 0 aromatic heterocycles. The minimum Gasteiger partial charge on any atom is -0.396 e. The van der Waals surface area contributed by atoms with Crippen LogP contribution in [0.5, 0.6) is 0 Å². The Morgan fingerprint density at radius 1 is 1.35 bits per heavy atom. The number of likely N-dealkylation sites (N-methyl/N-ethyl adjacent to an activating group) is 1. The van der Waals surface area contributed by atoms with E-state index in [1.54, 1.807) is 11.9 Å². The monoisotopic (exact) mass is 285 g/mol. The Bertz CT molecular complexity index is 373. The number of nitrogens with zero attached hydrogens (tertiary/aromatic N) is 3. The zero-order valence-corrected chi connectivity index (χ0v) is 12.2. The lowest BCUT2D eigenvalue weighted by Crippen LogP contribution is -2.35. The van der Waals surface area contributed by atoms with Crippen molar-refractivity contribution in [2.24, 2.45) is 0 Å². The summed E-state index contributed by atoms with van der Waals surface area (Å²) in [7, 11) is 1.58. The van der Waals surface area contributed by atoms with Crippen molar-refractivity contribution in [3.63, 3.8) is 0 Å². The fraction of sp³-hybridized carbons (Fsp3) is 0.769. The van der Waals surface area contributed by atoms with E-state index < -0.39 is 0 Å². The topological polar surface area (TPSA) is 81.2 Å². The summed E-state index contributed by atoms with van der Waals surface area (Å²) in [5.41, 5.74) is 0. The third-order valence-electron chi connectivity index (χ3n) is 3.32. The molecule has 0 unspecified atom stereocenters. The molecular weight excluding hydrogens is 262 g/mol. The summed E-state index contributed by atoms with van der Waals surface area (Å²) in [6, 6.07) is -0.296. The van der Waals surface area contributed by atoms with Crippen LogP contribution in [0.4, 0.5) is 4.79 Å². The Kier molecular flexibility index (Phi) is 6.44. The van der Waals surface area contributed by atoms with Gasteiger partial charge in [-0.2, -0.15) is 0 Å². The molecule has 1 rings (SSSR count). The Morgan fingerprint density at radius 3 is 2.55 bits per heavy atom. The fourth-order valence-corrected chi connectivity index (χ4v) is 2.16. The lowest BCUT2D eigenvalue weighted by Gasteiger charge is -2.21. The van der Waals surface area contributed by atoms with Crippen molar-refractivity contribution in [2.45, 2.75) is 26.2 Å². The molecule has 1 heterocycles. The molecule has 0 aliphatic carbocycles. The van der Waals surface area contributed by atoms with Gasteiger partial charge in [0, 0.05) is 39.7 Å². The zero-order chi connectivity index (χ0) is 15.1. The van der Waals surface area contributed by atoms with Crippen LogP contribution in [0.1, 0.15) is 26.2 Å². The van der Waals surface area contributed by atoms with Crippen LogP contribution in [-0.2, 0) is 9.59 Å². The maximum Gasteiger partial charge on any atom is 0.326 e. The van der Waals surface area contributed by atoms with Gasteiger partial charge in [-0.25, -0.2) is 4.79 Å². The van der Waals surface area contributed by atoms with Crippen LogP contribution >= 0.6 is 0 Å². The van der Waals surface area contributed by atoms with Gasteiger partial charge in [-0.1, -0.05) is 0 Å². The predicted molar refractivity (Wildman–Crippen MR) is 72.9 cm³/mol. The summed E-state index contributed by atoms with van der Waals surface area (Å²) in [6.07, 6.45) is 1.34. The second-order valence-corrected chi connectivity index (χ2v) is 4.84. The van der Waals surface area contributed by atoms with Gasteiger partial charge in [0.05, 0.1) is 0 Å². The van der Waals surface area contributed by atoms with E-state index in [9.17, 15) is 14.4 Å². The van der Waals surface area contributed by atoms with Gasteiger partial charge in [-0.05, 0) is 19.8 Å². The van der Waals surface area contributed by atoms with Crippen LogP contribution in [0.3, 0.4) is 0 Å². The van der Waals surface area contributed by atoms with E-state index in [2.05, 4.69) is 0 Å². The Labute approximate surface area is 119 Å². The van der Waals surface area contributed by atoms with Crippen molar-refractivity contribution in [1.29, 1.82) is 0 Å². The van der Waals surface area contributed by atoms with Crippen LogP contribution in [0, 0.1) is 0 Å². The van der Waals surface area contributed by atoms with Gasteiger partial charge in [0.25, 0.3) is 0 Å². The van der Waals surface area contributed by atoms with Gasteiger partial charge < -0.3 is 14.9 Å². The lowest BCUT2D eigenvalue weighted by molar-refractivity contribution is -0.132. The van der Waals surface area contributed by atoms with E-state index in [1.807, 2.05) is 6.92 Å². The van der Waals surface area contributed by atoms with E-state index in [0.29, 0.717) is 32.4 Å². The molecular formula is C13H23N3O4. The summed E-state index contributed by atoms with van der Waals surface area (Å²) in [5.74, 6) is -0.217. The van der Waals surface area contributed by atoms with Crippen molar-refractivity contribution in [3.05, 3.63) is 0 Å². The van der Waals surface area contributed by atoms with E-state index in [4.69, 9.17) is 5.11 Å². The number of urea groups is 1. The van der Waals surface area contributed by atoms with Crippen molar-refractivity contribution < 1.29 is 19.5 Å². The first-order valence-corrected chi connectivity index (χ1v) is 6.95. The molecule has 0 spiro atoms. The number of aliphatic hydroxyl groups is 1. The molecule has 0 atom stereocenters. The number of amides is 4. The van der Waals surface area contributed by atoms with Crippen molar-refractivity contribution in [3.8, 4) is 0 Å². The number of carbonyl (C=O) groups excluding carboxylic acids is 3. The van der Waals surface area contributed by atoms with Crippen LogP contribution in [-0.4, -0.2) is 77.5 Å². The highest BCUT2D eigenvalue weighted by molar-refractivity contribution is 6.01. The number of hydrogen-bond acceptors (Lipinski definition) is 4. The quantitative estimate of drug-likeness (QED) is 0.631. The molecule has 1 N–H and O–H groups in total. The minimum absolute atomic E-state index is 0.00611. The zero-order valence-electron chi connectivity index (χ0n) is 12.2. The molecule has 114 valence electrons. The molecule has 0 bridgehead atoms. The number of carbonyl (C=O) groups is 3. The number of hydrogen-bond donors (Lipinski definition) is 1. The highest BCUT2D eigenvalue weighted by Crippen LogP contribution is 2.10. The highest BCUT2D eigenvalue weighted by atomic mass is 16.3. The Hall–Kier alpha value is -1.63. The number of rotatable bonds is 8. The maximum atomic E-state index is 11.9. The standard InChI is InChI=1S/C13H23N3O4/c1-3-15(7-5-9-17)11(18)6-4-8-16-12(19)10-14(2)13(16)20/h17H,3-10H2,1-2H3. The van der Waals surface area contributed by atoms with Gasteiger partial charge in [-0.15, -0.1) is 0 Å². The Balaban J connectivity index is 2.34. The molecule has 7 heteroatoms. The molecule has 1 aliphatic heterocycles. The molecule has 0 aromatic carbocycles. The summed E-state index contributed by atoms with van der Waals surface area (Å²) < 4.78 is 0. The van der Waals surface area contributed by atoms with E-state index in [1.165, 1.54) is 9.80 Å². The lowest BCUT2D eigenvalue weighted by atomic mass is 10.2. The van der Waals surface area contributed by atoms with Crippen molar-refractivity contribution in [1.82, 2.24) is 14.7 Å². The Morgan fingerprint density at radius 2 is 2.05 bits per heavy atom. The summed E-state index contributed by atoms with van der Waals surface area (Å²) >= 11 is 0.